The van der Waals surface area contributed by atoms with E-state index in [2.05, 4.69) is 0 Å². The summed E-state index contributed by atoms with van der Waals surface area (Å²) in [6.07, 6.45) is 0. The van der Waals surface area contributed by atoms with Gasteiger partial charge < -0.3 is 15.1 Å². The molecule has 2 radical (unpaired) electrons. The lowest BCUT2D eigenvalue weighted by Gasteiger charge is -2.15. The van der Waals surface area contributed by atoms with Crippen molar-refractivity contribution in [1.29, 1.82) is 0 Å². The molecular weight excluding hydrogens is 161 g/mol. The van der Waals surface area contributed by atoms with Crippen LogP contribution >= 0.6 is 0 Å². The number of aliphatic carboxylic acids is 1. The van der Waals surface area contributed by atoms with Crippen LogP contribution in [0.4, 0.5) is 0 Å². The summed E-state index contributed by atoms with van der Waals surface area (Å²) in [5.74, 6) is -3.86. The molecule has 1 amide bonds. The minimum atomic E-state index is -1.46. The molecule has 0 saturated carbocycles. The first kappa shape index (κ1) is 8.64. The number of carbonyl (C=O) groups is 2. The Bertz CT molecular complexity index is 285. The molecular formula is C6H6BNO4. The van der Waals surface area contributed by atoms with Crippen molar-refractivity contribution in [2.24, 2.45) is 0 Å². The molecule has 0 fully saturated rings. The lowest BCUT2D eigenvalue weighted by molar-refractivity contribution is -0.136. The molecule has 6 heteroatoms. The third-order valence-electron chi connectivity index (χ3n) is 1.70. The van der Waals surface area contributed by atoms with Crippen molar-refractivity contribution in [2.45, 2.75) is 5.94 Å². The van der Waals surface area contributed by atoms with Gasteiger partial charge in [0, 0.05) is 13.0 Å². The van der Waals surface area contributed by atoms with E-state index in [1.54, 1.807) is 0 Å². The molecule has 1 unspecified atom stereocenters. The van der Waals surface area contributed by atoms with E-state index in [4.69, 9.17) is 18.1 Å². The summed E-state index contributed by atoms with van der Waals surface area (Å²) in [6.45, 7) is 0. The molecule has 2 N–H and O–H groups in total. The Balaban J connectivity index is 3.13. The van der Waals surface area contributed by atoms with Gasteiger partial charge >= 0.3 is 5.97 Å². The van der Waals surface area contributed by atoms with Crippen LogP contribution in [0.3, 0.4) is 0 Å². The van der Waals surface area contributed by atoms with Crippen LogP contribution in [0.5, 0.6) is 0 Å². The highest BCUT2D eigenvalue weighted by Crippen LogP contribution is 2.20. The summed E-state index contributed by atoms with van der Waals surface area (Å²) in [7, 11) is 6.59. The summed E-state index contributed by atoms with van der Waals surface area (Å²) < 4.78 is 0. The number of hydrogen-bond donors (Lipinski definition) is 2. The number of rotatable bonds is 1. The predicted octanol–water partition coefficient (Wildman–Crippen LogP) is -1.15. The number of amides is 1. The van der Waals surface area contributed by atoms with Crippen LogP contribution in [-0.4, -0.2) is 47.8 Å². The van der Waals surface area contributed by atoms with Crippen LogP contribution in [-0.2, 0) is 9.59 Å². The number of likely N-dealkylation sites (N-methyl/N-ethyl adjacent to an activating group) is 1. The maximum Gasteiger partial charge on any atom is 0.344 e. The van der Waals surface area contributed by atoms with Gasteiger partial charge in [-0.05, 0) is 0 Å². The minimum Gasteiger partial charge on any atom is -0.510 e. The summed E-state index contributed by atoms with van der Waals surface area (Å²) in [5.41, 5.74) is -0.648. The maximum absolute atomic E-state index is 11.0. The van der Waals surface area contributed by atoms with Crippen LogP contribution in [0, 0.1) is 0 Å². The van der Waals surface area contributed by atoms with Crippen LogP contribution in [0.2, 0.25) is 0 Å². The number of hydrogen-bond acceptors (Lipinski definition) is 3. The van der Waals surface area contributed by atoms with Gasteiger partial charge in [-0.25, -0.2) is 4.79 Å². The monoisotopic (exact) mass is 167 g/mol. The first-order valence-electron chi connectivity index (χ1n) is 3.16. The van der Waals surface area contributed by atoms with Crippen molar-refractivity contribution in [3.63, 3.8) is 0 Å². The van der Waals surface area contributed by atoms with E-state index >= 15 is 0 Å². The second-order valence-corrected chi connectivity index (χ2v) is 2.43. The summed E-state index contributed by atoms with van der Waals surface area (Å²) >= 11 is 0. The van der Waals surface area contributed by atoms with Gasteiger partial charge in [0.05, 0.1) is 0 Å². The third kappa shape index (κ3) is 0.957. The van der Waals surface area contributed by atoms with Gasteiger partial charge in [-0.3, -0.25) is 4.79 Å². The van der Waals surface area contributed by atoms with E-state index in [0.717, 1.165) is 4.90 Å². The van der Waals surface area contributed by atoms with E-state index < -0.39 is 29.1 Å². The molecule has 0 spiro atoms. The number of carboxylic acids is 1. The molecule has 0 bridgehead atoms. The highest BCUT2D eigenvalue weighted by atomic mass is 16.4. The zero-order chi connectivity index (χ0) is 9.46. The number of carbonyl (C=O) groups excluding carboxylic acids is 1. The van der Waals surface area contributed by atoms with Crippen molar-refractivity contribution >= 4 is 19.7 Å². The zero-order valence-corrected chi connectivity index (χ0v) is 6.31. The van der Waals surface area contributed by atoms with Gasteiger partial charge in [0.25, 0.3) is 5.91 Å². The molecule has 1 atom stereocenters. The van der Waals surface area contributed by atoms with Gasteiger partial charge in [-0.1, -0.05) is 0 Å². The van der Waals surface area contributed by atoms with Crippen molar-refractivity contribution in [3.05, 3.63) is 11.3 Å². The van der Waals surface area contributed by atoms with E-state index in [1.807, 2.05) is 0 Å². The Morgan fingerprint density at radius 1 is 1.67 bits per heavy atom. The van der Waals surface area contributed by atoms with Crippen molar-refractivity contribution in [1.82, 2.24) is 4.90 Å². The lowest BCUT2D eigenvalue weighted by atomic mass is 9.94. The maximum atomic E-state index is 11.0. The Morgan fingerprint density at radius 2 is 2.17 bits per heavy atom. The number of aliphatic hydroxyl groups is 1. The van der Waals surface area contributed by atoms with Gasteiger partial charge in [0.15, 0.2) is 5.57 Å². The molecule has 1 aliphatic heterocycles. The SMILES string of the molecule is [B]C1C(O)=C(C(=O)O)C(=O)N1C. The first-order chi connectivity index (χ1) is 5.46. The fraction of sp³-hybridized carbons (Fsp3) is 0.333. The molecule has 0 saturated heterocycles. The molecule has 5 nitrogen and oxygen atoms in total. The van der Waals surface area contributed by atoms with E-state index in [0.29, 0.717) is 0 Å². The average Bonchev–Trinajstić information content (AvgIpc) is 2.16. The number of nitrogens with zero attached hydrogens (tertiary/aromatic N) is 1. The summed E-state index contributed by atoms with van der Waals surface area (Å²) in [6, 6.07) is 0. The molecule has 1 aliphatic rings. The standard InChI is InChI=1S/C6H6BNO4/c1-8-4(7)3(9)2(5(8)10)6(11)12/h4,9H,1H3,(H,11,12). The topological polar surface area (TPSA) is 77.8 Å². The highest BCUT2D eigenvalue weighted by Gasteiger charge is 2.37. The molecule has 0 aromatic rings. The highest BCUT2D eigenvalue weighted by molar-refractivity contribution is 6.24. The number of aliphatic hydroxyl groups excluding tert-OH is 1. The van der Waals surface area contributed by atoms with Crippen LogP contribution in [0.1, 0.15) is 0 Å². The van der Waals surface area contributed by atoms with Crippen LogP contribution < -0.4 is 0 Å². The van der Waals surface area contributed by atoms with Crippen molar-refractivity contribution in [2.75, 3.05) is 7.05 Å². The van der Waals surface area contributed by atoms with Crippen LogP contribution in [0.25, 0.3) is 0 Å². The fourth-order valence-corrected chi connectivity index (χ4v) is 0.945. The van der Waals surface area contributed by atoms with E-state index in [9.17, 15) is 9.59 Å². The van der Waals surface area contributed by atoms with E-state index in [-0.39, 0.29) is 0 Å². The number of carboxylic acid groups (broad SMARTS) is 1. The molecule has 1 heterocycles. The Morgan fingerprint density at radius 3 is 2.33 bits per heavy atom. The quantitative estimate of drug-likeness (QED) is 0.381. The van der Waals surface area contributed by atoms with Gasteiger partial charge in [0.1, 0.15) is 13.6 Å². The minimum absolute atomic E-state index is 0.588. The average molecular weight is 167 g/mol. The van der Waals surface area contributed by atoms with Gasteiger partial charge in [-0.15, -0.1) is 0 Å². The van der Waals surface area contributed by atoms with Gasteiger partial charge in [-0.2, -0.15) is 0 Å². The molecule has 0 aromatic carbocycles. The van der Waals surface area contributed by atoms with E-state index in [1.165, 1.54) is 7.05 Å². The second-order valence-electron chi connectivity index (χ2n) is 2.43. The summed E-state index contributed by atoms with van der Waals surface area (Å²) in [4.78, 5) is 22.4. The Kier molecular flexibility index (Phi) is 1.83. The third-order valence-corrected chi connectivity index (χ3v) is 1.70. The summed E-state index contributed by atoms with van der Waals surface area (Å²) in [5, 5.41) is 17.5. The zero-order valence-electron chi connectivity index (χ0n) is 6.31. The molecule has 62 valence electrons. The van der Waals surface area contributed by atoms with Crippen molar-refractivity contribution in [3.8, 4) is 0 Å². The predicted molar refractivity (Wildman–Crippen MR) is 39.6 cm³/mol. The van der Waals surface area contributed by atoms with Gasteiger partial charge in [0.2, 0.25) is 0 Å². The van der Waals surface area contributed by atoms with Crippen molar-refractivity contribution < 1.29 is 19.8 Å². The normalized spacial score (nSPS) is 23.6. The largest absolute Gasteiger partial charge is 0.510 e. The Labute approximate surface area is 69.7 Å². The second kappa shape index (κ2) is 2.55. The lowest BCUT2D eigenvalue weighted by Crippen LogP contribution is -2.32. The molecule has 0 aromatic heterocycles. The first-order valence-corrected chi connectivity index (χ1v) is 3.16. The molecule has 12 heavy (non-hydrogen) atoms. The smallest absolute Gasteiger partial charge is 0.344 e. The molecule has 0 aliphatic carbocycles. The Hall–Kier alpha value is -1.46. The van der Waals surface area contributed by atoms with Crippen LogP contribution in [0.15, 0.2) is 11.3 Å². The fourth-order valence-electron chi connectivity index (χ4n) is 0.945. The molecule has 1 rings (SSSR count).